The summed E-state index contributed by atoms with van der Waals surface area (Å²) in [6.07, 6.45) is 1.87. The van der Waals surface area contributed by atoms with E-state index in [-0.39, 0.29) is 42.0 Å². The SMILES string of the molecule is CC(C)CNC(=O)Cn1c2c(c(=O)n3nc(C(C)(C)C)cc13)CN(CC1CCCO1)C2=O. The van der Waals surface area contributed by atoms with Gasteiger partial charge in [0, 0.05) is 31.2 Å². The number of rotatable bonds is 6. The first-order valence-electron chi connectivity index (χ1n) is 11.4. The molecule has 0 aromatic carbocycles. The summed E-state index contributed by atoms with van der Waals surface area (Å²) in [5.74, 6) is -0.120. The third kappa shape index (κ3) is 4.18. The highest BCUT2D eigenvalue weighted by atomic mass is 16.5. The molecule has 9 nitrogen and oxygen atoms in total. The van der Waals surface area contributed by atoms with Crippen LogP contribution in [0, 0.1) is 5.92 Å². The van der Waals surface area contributed by atoms with Crippen molar-refractivity contribution in [3.8, 4) is 0 Å². The first-order chi connectivity index (χ1) is 15.1. The molecule has 0 spiro atoms. The number of fused-ring (bicyclic) bond motifs is 2. The summed E-state index contributed by atoms with van der Waals surface area (Å²) < 4.78 is 8.70. The molecule has 1 atom stereocenters. The van der Waals surface area contributed by atoms with Gasteiger partial charge in [0.1, 0.15) is 17.9 Å². The highest BCUT2D eigenvalue weighted by molar-refractivity contribution is 5.97. The van der Waals surface area contributed by atoms with Crippen LogP contribution < -0.4 is 10.9 Å². The third-order valence-corrected chi connectivity index (χ3v) is 6.04. The van der Waals surface area contributed by atoms with Gasteiger partial charge in [-0.1, -0.05) is 34.6 Å². The summed E-state index contributed by atoms with van der Waals surface area (Å²) >= 11 is 0. The number of hydrogen-bond donors (Lipinski definition) is 1. The zero-order chi connectivity index (χ0) is 23.2. The quantitative estimate of drug-likeness (QED) is 0.733. The number of nitrogens with zero attached hydrogens (tertiary/aromatic N) is 4. The van der Waals surface area contributed by atoms with Gasteiger partial charge < -0.3 is 19.5 Å². The molecule has 0 radical (unpaired) electrons. The van der Waals surface area contributed by atoms with Gasteiger partial charge in [0.25, 0.3) is 11.5 Å². The van der Waals surface area contributed by atoms with E-state index in [4.69, 9.17) is 4.74 Å². The number of carbonyl (C=O) groups excluding carboxylic acids is 2. The van der Waals surface area contributed by atoms with Crippen molar-refractivity contribution >= 4 is 17.5 Å². The minimum atomic E-state index is -0.299. The Bertz CT molecular complexity index is 1100. The molecule has 1 N–H and O–H groups in total. The van der Waals surface area contributed by atoms with Gasteiger partial charge in [0.05, 0.1) is 23.9 Å². The van der Waals surface area contributed by atoms with Crippen LogP contribution in [0.2, 0.25) is 0 Å². The third-order valence-electron chi connectivity index (χ3n) is 6.04. The molecular formula is C23H33N5O4. The van der Waals surface area contributed by atoms with Crippen molar-refractivity contribution in [3.63, 3.8) is 0 Å². The number of nitrogens with one attached hydrogen (secondary N) is 1. The van der Waals surface area contributed by atoms with Crippen molar-refractivity contribution in [2.45, 2.75) is 72.1 Å². The Balaban J connectivity index is 1.78. The summed E-state index contributed by atoms with van der Waals surface area (Å²) in [7, 11) is 0. The molecule has 2 aliphatic rings. The fraction of sp³-hybridized carbons (Fsp3) is 0.652. The smallest absolute Gasteiger partial charge is 0.280 e. The van der Waals surface area contributed by atoms with Gasteiger partial charge >= 0.3 is 0 Å². The molecule has 2 aliphatic heterocycles. The molecule has 0 saturated carbocycles. The summed E-state index contributed by atoms with van der Waals surface area (Å²) in [4.78, 5) is 41.1. The minimum Gasteiger partial charge on any atom is -0.376 e. The summed E-state index contributed by atoms with van der Waals surface area (Å²) in [6.45, 7) is 11.9. The zero-order valence-corrected chi connectivity index (χ0v) is 19.6. The maximum absolute atomic E-state index is 13.4. The van der Waals surface area contributed by atoms with Crippen molar-refractivity contribution in [2.75, 3.05) is 19.7 Å². The van der Waals surface area contributed by atoms with Crippen LogP contribution in [0.4, 0.5) is 0 Å². The van der Waals surface area contributed by atoms with Crippen LogP contribution in [0.15, 0.2) is 10.9 Å². The largest absolute Gasteiger partial charge is 0.376 e. The number of hydrogen-bond acceptors (Lipinski definition) is 5. The van der Waals surface area contributed by atoms with E-state index < -0.39 is 0 Å². The van der Waals surface area contributed by atoms with Gasteiger partial charge in [-0.05, 0) is 18.8 Å². The highest BCUT2D eigenvalue weighted by Gasteiger charge is 2.37. The van der Waals surface area contributed by atoms with Crippen molar-refractivity contribution in [1.82, 2.24) is 24.4 Å². The normalized spacial score (nSPS) is 18.8. The lowest BCUT2D eigenvalue weighted by molar-refractivity contribution is -0.121. The van der Waals surface area contributed by atoms with Crippen molar-refractivity contribution in [2.24, 2.45) is 5.92 Å². The fourth-order valence-electron chi connectivity index (χ4n) is 4.24. The van der Waals surface area contributed by atoms with E-state index in [0.29, 0.717) is 42.5 Å². The molecule has 1 fully saturated rings. The summed E-state index contributed by atoms with van der Waals surface area (Å²) in [6, 6.07) is 1.81. The average Bonchev–Trinajstić information content (AvgIpc) is 3.43. The molecule has 174 valence electrons. The number of ether oxygens (including phenoxy) is 1. The monoisotopic (exact) mass is 443 g/mol. The molecule has 4 rings (SSSR count). The van der Waals surface area contributed by atoms with Crippen LogP contribution in [0.5, 0.6) is 0 Å². The molecule has 4 heterocycles. The van der Waals surface area contributed by atoms with Crippen LogP contribution in [0.3, 0.4) is 0 Å². The Labute approximate surface area is 187 Å². The molecule has 1 unspecified atom stereocenters. The number of aromatic nitrogens is 3. The molecule has 1 saturated heterocycles. The first kappa shape index (κ1) is 22.5. The van der Waals surface area contributed by atoms with E-state index in [0.717, 1.165) is 18.5 Å². The minimum absolute atomic E-state index is 0.0114. The number of carbonyl (C=O) groups is 2. The summed E-state index contributed by atoms with van der Waals surface area (Å²) in [5.41, 5.74) is 1.30. The topological polar surface area (TPSA) is 97.9 Å². The molecule has 9 heteroatoms. The van der Waals surface area contributed by atoms with Gasteiger partial charge in [0.2, 0.25) is 5.91 Å². The molecule has 0 bridgehead atoms. The van der Waals surface area contributed by atoms with Crippen LogP contribution in [-0.4, -0.2) is 56.7 Å². The van der Waals surface area contributed by atoms with Gasteiger partial charge in [-0.15, -0.1) is 0 Å². The van der Waals surface area contributed by atoms with E-state index >= 15 is 0 Å². The Kier molecular flexibility index (Phi) is 5.87. The Morgan fingerprint density at radius 3 is 2.69 bits per heavy atom. The lowest BCUT2D eigenvalue weighted by Crippen LogP contribution is -2.35. The molecule has 2 aromatic rings. The molecule has 2 amide bonds. The lowest BCUT2D eigenvalue weighted by atomic mass is 9.93. The predicted octanol–water partition coefficient (Wildman–Crippen LogP) is 1.70. The molecular weight excluding hydrogens is 410 g/mol. The van der Waals surface area contributed by atoms with Crippen molar-refractivity contribution < 1.29 is 14.3 Å². The van der Waals surface area contributed by atoms with Gasteiger partial charge in [-0.25, -0.2) is 0 Å². The first-order valence-corrected chi connectivity index (χ1v) is 11.4. The van der Waals surface area contributed by atoms with E-state index in [9.17, 15) is 14.4 Å². The lowest BCUT2D eigenvalue weighted by Gasteiger charge is -2.20. The van der Waals surface area contributed by atoms with Crippen LogP contribution in [-0.2, 0) is 28.0 Å². The molecule has 2 aromatic heterocycles. The second-order valence-corrected chi connectivity index (χ2v) is 10.3. The van der Waals surface area contributed by atoms with Crippen LogP contribution in [0.25, 0.3) is 5.65 Å². The standard InChI is InChI=1S/C23H33N5O4/c1-14(2)10-24-18(29)13-27-19-9-17(23(3,4)5)25-28(19)21(30)16-12-26(22(31)20(16)27)11-15-7-6-8-32-15/h9,14-15H,6-8,10-13H2,1-5H3,(H,24,29). The second kappa shape index (κ2) is 8.35. The Morgan fingerprint density at radius 1 is 1.31 bits per heavy atom. The predicted molar refractivity (Wildman–Crippen MR) is 120 cm³/mol. The van der Waals surface area contributed by atoms with Crippen molar-refractivity contribution in [3.05, 3.63) is 33.4 Å². The maximum atomic E-state index is 13.4. The average molecular weight is 444 g/mol. The van der Waals surface area contributed by atoms with Gasteiger partial charge in [-0.2, -0.15) is 9.61 Å². The molecule has 32 heavy (non-hydrogen) atoms. The number of amides is 2. The van der Waals surface area contributed by atoms with E-state index in [2.05, 4.69) is 10.4 Å². The molecule has 0 aliphatic carbocycles. The van der Waals surface area contributed by atoms with E-state index in [1.807, 2.05) is 40.7 Å². The zero-order valence-electron chi connectivity index (χ0n) is 19.6. The maximum Gasteiger partial charge on any atom is 0.280 e. The van der Waals surface area contributed by atoms with Crippen molar-refractivity contribution in [1.29, 1.82) is 0 Å². The van der Waals surface area contributed by atoms with Crippen LogP contribution >= 0.6 is 0 Å². The summed E-state index contributed by atoms with van der Waals surface area (Å²) in [5, 5.41) is 7.46. The highest BCUT2D eigenvalue weighted by Crippen LogP contribution is 2.27. The van der Waals surface area contributed by atoms with E-state index in [1.165, 1.54) is 4.52 Å². The fourth-order valence-corrected chi connectivity index (χ4v) is 4.24. The Hall–Kier alpha value is -2.68. The van der Waals surface area contributed by atoms with Crippen LogP contribution in [0.1, 0.15) is 69.2 Å². The van der Waals surface area contributed by atoms with E-state index in [1.54, 1.807) is 9.47 Å². The second-order valence-electron chi connectivity index (χ2n) is 10.3. The van der Waals surface area contributed by atoms with Gasteiger partial charge in [-0.3, -0.25) is 14.4 Å². The van der Waals surface area contributed by atoms with Gasteiger partial charge in [0.15, 0.2) is 0 Å². The Morgan fingerprint density at radius 2 is 2.06 bits per heavy atom.